The van der Waals surface area contributed by atoms with E-state index in [0.717, 1.165) is 10.5 Å². The van der Waals surface area contributed by atoms with Crippen molar-refractivity contribution in [3.8, 4) is 0 Å². The van der Waals surface area contributed by atoms with Gasteiger partial charge in [0.1, 0.15) is 8.96 Å². The van der Waals surface area contributed by atoms with Crippen molar-refractivity contribution in [3.63, 3.8) is 0 Å². The largest absolute Gasteiger partial charge is 0.326 e. The SMILES string of the molecule is C=C/C(=C\C=C(/C)c1ccccc1CN)SNPOS.CC. The summed E-state index contributed by atoms with van der Waals surface area (Å²) in [5.74, 6) is 0. The van der Waals surface area contributed by atoms with Gasteiger partial charge in [-0.25, -0.2) is 4.49 Å². The summed E-state index contributed by atoms with van der Waals surface area (Å²) in [7, 11) is 0.132. The van der Waals surface area contributed by atoms with Crippen LogP contribution in [-0.2, 0) is 10.5 Å². The fourth-order valence-electron chi connectivity index (χ4n) is 1.62. The van der Waals surface area contributed by atoms with Crippen LogP contribution in [0.25, 0.3) is 5.57 Å². The van der Waals surface area contributed by atoms with Crippen molar-refractivity contribution in [2.24, 2.45) is 5.73 Å². The van der Waals surface area contributed by atoms with E-state index in [1.807, 2.05) is 38.1 Å². The van der Waals surface area contributed by atoms with Crippen LogP contribution in [0, 0.1) is 0 Å². The molecular weight excluding hydrogens is 331 g/mol. The van der Waals surface area contributed by atoms with Crippen molar-refractivity contribution in [2.75, 3.05) is 0 Å². The summed E-state index contributed by atoms with van der Waals surface area (Å²) in [6.45, 7) is 10.4. The van der Waals surface area contributed by atoms with Crippen LogP contribution >= 0.6 is 33.8 Å². The first kappa shape index (κ1) is 21.4. The first-order valence-electron chi connectivity index (χ1n) is 6.99. The van der Waals surface area contributed by atoms with Crippen molar-refractivity contribution >= 4 is 39.4 Å². The number of allylic oxidation sites excluding steroid dienone is 4. The van der Waals surface area contributed by atoms with Crippen molar-refractivity contribution < 1.29 is 3.97 Å². The predicted octanol–water partition coefficient (Wildman–Crippen LogP) is 5.25. The van der Waals surface area contributed by atoms with Crippen LogP contribution in [0.1, 0.15) is 31.9 Å². The predicted molar refractivity (Wildman–Crippen MR) is 107 cm³/mol. The molecule has 1 aromatic rings. The molecule has 22 heavy (non-hydrogen) atoms. The maximum Gasteiger partial charge on any atom is 0.113 e. The highest BCUT2D eigenvalue weighted by molar-refractivity contribution is 8.04. The van der Waals surface area contributed by atoms with Gasteiger partial charge in [-0.2, -0.15) is 0 Å². The molecule has 0 aliphatic rings. The number of hydrogen-bond acceptors (Lipinski definition) is 5. The van der Waals surface area contributed by atoms with Gasteiger partial charge in [0.2, 0.25) is 0 Å². The van der Waals surface area contributed by atoms with E-state index in [1.54, 1.807) is 6.08 Å². The molecule has 0 aromatic heterocycles. The van der Waals surface area contributed by atoms with Gasteiger partial charge in [0.05, 0.1) is 0 Å². The molecule has 0 amide bonds. The second-order valence-electron chi connectivity index (χ2n) is 3.88. The molecule has 0 aliphatic heterocycles. The number of nitrogens with one attached hydrogen (secondary N) is 1. The lowest BCUT2D eigenvalue weighted by atomic mass is 10.0. The van der Waals surface area contributed by atoms with Crippen LogP contribution in [0.15, 0.2) is 54.0 Å². The van der Waals surface area contributed by atoms with Gasteiger partial charge < -0.3 is 5.73 Å². The molecule has 0 bridgehead atoms. The van der Waals surface area contributed by atoms with Crippen LogP contribution < -0.4 is 10.2 Å². The first-order chi connectivity index (χ1) is 10.7. The quantitative estimate of drug-likeness (QED) is 0.149. The zero-order valence-electron chi connectivity index (χ0n) is 13.3. The highest BCUT2D eigenvalue weighted by Gasteiger charge is 2.01. The van der Waals surface area contributed by atoms with Gasteiger partial charge in [-0.05, 0) is 54.6 Å². The summed E-state index contributed by atoms with van der Waals surface area (Å²) in [5.41, 5.74) is 9.24. The van der Waals surface area contributed by atoms with E-state index in [-0.39, 0.29) is 8.96 Å². The second-order valence-corrected chi connectivity index (χ2v) is 6.31. The fraction of sp³-hybridized carbons (Fsp3) is 0.250. The molecule has 1 atom stereocenters. The summed E-state index contributed by atoms with van der Waals surface area (Å²) in [5, 5.41) is 0. The van der Waals surface area contributed by atoms with Gasteiger partial charge in [0.25, 0.3) is 0 Å². The summed E-state index contributed by atoms with van der Waals surface area (Å²) >= 11 is 5.13. The van der Waals surface area contributed by atoms with Crippen molar-refractivity contribution in [3.05, 3.63) is 65.1 Å². The third-order valence-electron chi connectivity index (χ3n) is 2.62. The van der Waals surface area contributed by atoms with Gasteiger partial charge in [0, 0.05) is 11.4 Å². The second kappa shape index (κ2) is 14.1. The van der Waals surface area contributed by atoms with Crippen LogP contribution in [-0.4, -0.2) is 0 Å². The fourth-order valence-corrected chi connectivity index (χ4v) is 2.96. The number of benzene rings is 1. The van der Waals surface area contributed by atoms with Gasteiger partial charge in [-0.3, -0.25) is 3.97 Å². The Balaban J connectivity index is 0.00000211. The van der Waals surface area contributed by atoms with Gasteiger partial charge >= 0.3 is 0 Å². The third-order valence-corrected chi connectivity index (χ3v) is 4.26. The monoisotopic (exact) mass is 356 g/mol. The van der Waals surface area contributed by atoms with Crippen molar-refractivity contribution in [1.29, 1.82) is 0 Å². The standard InChI is InChI=1S/C14H19N2OPS2.C2H6/c1-3-13(20-16-18-17-19)9-8-11(2)14-7-5-4-6-12(14)10-15;1-2/h3-9,16,18-19H,1,10,15H2,2H3;1-2H3/b11-8+,13-9+;. The Morgan fingerprint density at radius 3 is 2.68 bits per heavy atom. The molecule has 0 fully saturated rings. The summed E-state index contributed by atoms with van der Waals surface area (Å²) in [6.07, 6.45) is 5.86. The molecule has 3 N–H and O–H groups in total. The topological polar surface area (TPSA) is 47.3 Å². The van der Waals surface area contributed by atoms with Gasteiger partial charge in [-0.1, -0.05) is 56.8 Å². The molecule has 0 spiro atoms. The first-order valence-corrected chi connectivity index (χ1v) is 9.08. The van der Waals surface area contributed by atoms with Crippen LogP contribution in [0.2, 0.25) is 0 Å². The molecule has 122 valence electrons. The number of rotatable bonds is 8. The normalized spacial score (nSPS) is 12.2. The maximum absolute atomic E-state index is 5.76. The Bertz CT molecular complexity index is 505. The van der Waals surface area contributed by atoms with E-state index < -0.39 is 0 Å². The van der Waals surface area contributed by atoms with Crippen LogP contribution in [0.5, 0.6) is 0 Å². The van der Waals surface area contributed by atoms with Gasteiger partial charge in [-0.15, -0.1) is 0 Å². The lowest BCUT2D eigenvalue weighted by molar-refractivity contribution is 0.753. The summed E-state index contributed by atoms with van der Waals surface area (Å²) in [6, 6.07) is 8.15. The molecule has 6 heteroatoms. The molecule has 0 saturated carbocycles. The Kier molecular flexibility index (Phi) is 13.7. The molecule has 3 nitrogen and oxygen atoms in total. The van der Waals surface area contributed by atoms with Crippen LogP contribution in [0.4, 0.5) is 0 Å². The Labute approximate surface area is 146 Å². The van der Waals surface area contributed by atoms with E-state index in [2.05, 4.69) is 47.0 Å². The molecule has 0 heterocycles. The average Bonchev–Trinajstić information content (AvgIpc) is 2.59. The van der Waals surface area contributed by atoms with Gasteiger partial charge in [0.15, 0.2) is 0 Å². The van der Waals surface area contributed by atoms with E-state index >= 15 is 0 Å². The Hall–Kier alpha value is -0.550. The minimum atomic E-state index is 0.132. The smallest absolute Gasteiger partial charge is 0.113 e. The molecule has 0 aliphatic carbocycles. The zero-order valence-corrected chi connectivity index (χ0v) is 16.0. The van der Waals surface area contributed by atoms with Crippen molar-refractivity contribution in [1.82, 2.24) is 4.49 Å². The molecule has 0 saturated heterocycles. The highest BCUT2D eigenvalue weighted by Crippen LogP contribution is 2.23. The highest BCUT2D eigenvalue weighted by atomic mass is 32.2. The molecule has 0 radical (unpaired) electrons. The number of nitrogens with two attached hydrogens (primary N) is 1. The molecule has 1 aromatic carbocycles. The van der Waals surface area contributed by atoms with E-state index in [0.29, 0.717) is 6.54 Å². The molecule has 1 rings (SSSR count). The van der Waals surface area contributed by atoms with E-state index in [9.17, 15) is 0 Å². The van der Waals surface area contributed by atoms with Crippen molar-refractivity contribution in [2.45, 2.75) is 27.3 Å². The molecular formula is C16H25N2OPS2. The Morgan fingerprint density at radius 2 is 2.09 bits per heavy atom. The number of hydrogen-bond donors (Lipinski definition) is 3. The maximum atomic E-state index is 5.76. The van der Waals surface area contributed by atoms with Crippen LogP contribution in [0.3, 0.4) is 0 Å². The number of thiol groups is 1. The Morgan fingerprint density at radius 1 is 1.41 bits per heavy atom. The lowest BCUT2D eigenvalue weighted by Crippen LogP contribution is -1.99. The minimum absolute atomic E-state index is 0.132. The minimum Gasteiger partial charge on any atom is -0.326 e. The lowest BCUT2D eigenvalue weighted by Gasteiger charge is -2.07. The molecule has 1 unspecified atom stereocenters. The summed E-state index contributed by atoms with van der Waals surface area (Å²) in [4.78, 5) is 1.01. The zero-order chi connectivity index (χ0) is 16.8. The summed E-state index contributed by atoms with van der Waals surface area (Å²) < 4.78 is 7.69. The average molecular weight is 356 g/mol. The van der Waals surface area contributed by atoms with E-state index in [1.165, 1.54) is 23.1 Å². The van der Waals surface area contributed by atoms with E-state index in [4.69, 9.17) is 5.73 Å². The third kappa shape index (κ3) is 8.18.